The molecule has 0 saturated carbocycles. The Morgan fingerprint density at radius 3 is 2.58 bits per heavy atom. The predicted octanol–water partition coefficient (Wildman–Crippen LogP) is 0.884. The lowest BCUT2D eigenvalue weighted by Gasteiger charge is -2.19. The number of imide groups is 1. The van der Waals surface area contributed by atoms with E-state index in [4.69, 9.17) is 14.5 Å². The summed E-state index contributed by atoms with van der Waals surface area (Å²) in [6.07, 6.45) is -1.89. The third-order valence-electron chi connectivity index (χ3n) is 2.67. The van der Waals surface area contributed by atoms with Crippen LogP contribution in [0, 0.1) is 0 Å². The van der Waals surface area contributed by atoms with Crippen LogP contribution in [0.2, 0.25) is 0 Å². The first-order valence-electron chi connectivity index (χ1n) is 5.47. The van der Waals surface area contributed by atoms with Crippen LogP contribution in [-0.2, 0) is 14.1 Å². The molecule has 102 valence electrons. The standard InChI is InChI=1S/C11H12NO6P/c13-10(7-19(15,16)17)12-9(6-18-11(12)14)8-4-2-1-3-5-8/h1-5,9H,6-7H2,(H2,15,16,17). The second-order valence-corrected chi connectivity index (χ2v) is 5.74. The van der Waals surface area contributed by atoms with E-state index in [0.717, 1.165) is 4.90 Å². The smallest absolute Gasteiger partial charge is 0.417 e. The average molecular weight is 285 g/mol. The van der Waals surface area contributed by atoms with Gasteiger partial charge in [0.15, 0.2) is 0 Å². The summed E-state index contributed by atoms with van der Waals surface area (Å²) in [7, 11) is -4.52. The molecule has 0 spiro atoms. The van der Waals surface area contributed by atoms with E-state index in [9.17, 15) is 14.2 Å². The molecule has 0 aromatic heterocycles. The van der Waals surface area contributed by atoms with E-state index in [-0.39, 0.29) is 6.61 Å². The number of nitrogens with zero attached hydrogens (tertiary/aromatic N) is 1. The van der Waals surface area contributed by atoms with Crippen molar-refractivity contribution in [2.75, 3.05) is 12.8 Å². The highest BCUT2D eigenvalue weighted by atomic mass is 31.2. The van der Waals surface area contributed by atoms with E-state index < -0.39 is 31.8 Å². The van der Waals surface area contributed by atoms with Crippen molar-refractivity contribution in [1.82, 2.24) is 4.90 Å². The number of hydrogen-bond donors (Lipinski definition) is 2. The van der Waals surface area contributed by atoms with Gasteiger partial charge in [-0.05, 0) is 5.56 Å². The maximum absolute atomic E-state index is 11.8. The van der Waals surface area contributed by atoms with E-state index in [1.165, 1.54) is 0 Å². The first-order valence-corrected chi connectivity index (χ1v) is 7.26. The van der Waals surface area contributed by atoms with E-state index in [1.807, 2.05) is 0 Å². The minimum Gasteiger partial charge on any atom is -0.446 e. The van der Waals surface area contributed by atoms with Crippen LogP contribution in [0.1, 0.15) is 11.6 Å². The third kappa shape index (κ3) is 3.20. The Morgan fingerprint density at radius 1 is 1.37 bits per heavy atom. The van der Waals surface area contributed by atoms with Gasteiger partial charge >= 0.3 is 13.7 Å². The monoisotopic (exact) mass is 285 g/mol. The summed E-state index contributed by atoms with van der Waals surface area (Å²) < 4.78 is 15.6. The Morgan fingerprint density at radius 2 is 2.00 bits per heavy atom. The fraction of sp³-hybridized carbons (Fsp3) is 0.273. The van der Waals surface area contributed by atoms with Crippen LogP contribution in [0.15, 0.2) is 30.3 Å². The maximum Gasteiger partial charge on any atom is 0.417 e. The molecule has 1 atom stereocenters. The molecule has 0 radical (unpaired) electrons. The first-order chi connectivity index (χ1) is 8.88. The molecule has 2 rings (SSSR count). The van der Waals surface area contributed by atoms with Crippen molar-refractivity contribution < 1.29 is 28.7 Å². The first kappa shape index (κ1) is 13.7. The maximum atomic E-state index is 11.8. The minimum atomic E-state index is -4.52. The van der Waals surface area contributed by atoms with Gasteiger partial charge in [-0.2, -0.15) is 0 Å². The Hall–Kier alpha value is -1.69. The Labute approximate surface area is 108 Å². The minimum absolute atomic E-state index is 0.0181. The topological polar surface area (TPSA) is 104 Å². The van der Waals surface area contributed by atoms with Gasteiger partial charge in [-0.15, -0.1) is 0 Å². The summed E-state index contributed by atoms with van der Waals surface area (Å²) in [5, 5.41) is 0. The van der Waals surface area contributed by atoms with Gasteiger partial charge in [0.05, 0.1) is 0 Å². The number of amides is 2. The van der Waals surface area contributed by atoms with Crippen LogP contribution in [0.3, 0.4) is 0 Å². The van der Waals surface area contributed by atoms with Crippen molar-refractivity contribution in [2.45, 2.75) is 6.04 Å². The molecule has 1 saturated heterocycles. The van der Waals surface area contributed by atoms with E-state index in [2.05, 4.69) is 0 Å². The summed E-state index contributed by atoms with van der Waals surface area (Å²) in [5.74, 6) is -0.940. The van der Waals surface area contributed by atoms with Gasteiger partial charge in [0, 0.05) is 0 Å². The summed E-state index contributed by atoms with van der Waals surface area (Å²) >= 11 is 0. The van der Waals surface area contributed by atoms with Gasteiger partial charge < -0.3 is 14.5 Å². The van der Waals surface area contributed by atoms with Crippen LogP contribution in [0.25, 0.3) is 0 Å². The molecule has 1 aromatic carbocycles. The molecule has 2 N–H and O–H groups in total. The molecule has 1 unspecified atom stereocenters. The molecule has 19 heavy (non-hydrogen) atoms. The van der Waals surface area contributed by atoms with Crippen LogP contribution in [0.5, 0.6) is 0 Å². The Bertz CT molecular complexity index is 539. The number of hydrogen-bond acceptors (Lipinski definition) is 4. The summed E-state index contributed by atoms with van der Waals surface area (Å²) in [6.45, 7) is -0.0181. The molecule has 0 aliphatic carbocycles. The van der Waals surface area contributed by atoms with Crippen molar-refractivity contribution >= 4 is 19.6 Å². The van der Waals surface area contributed by atoms with Gasteiger partial charge in [-0.1, -0.05) is 30.3 Å². The molecular formula is C11H12NO6P. The highest BCUT2D eigenvalue weighted by Crippen LogP contribution is 2.36. The van der Waals surface area contributed by atoms with Gasteiger partial charge in [0.1, 0.15) is 18.8 Å². The normalized spacial score (nSPS) is 19.4. The highest BCUT2D eigenvalue weighted by molar-refractivity contribution is 7.52. The zero-order chi connectivity index (χ0) is 14.0. The second kappa shape index (κ2) is 5.13. The average Bonchev–Trinajstić information content (AvgIpc) is 2.70. The number of cyclic esters (lactones) is 1. The highest BCUT2D eigenvalue weighted by Gasteiger charge is 2.40. The molecule has 7 nitrogen and oxygen atoms in total. The van der Waals surface area contributed by atoms with Crippen molar-refractivity contribution in [3.05, 3.63) is 35.9 Å². The van der Waals surface area contributed by atoms with Crippen molar-refractivity contribution in [3.8, 4) is 0 Å². The molecule has 0 bridgehead atoms. The molecule has 1 heterocycles. The molecular weight excluding hydrogens is 273 g/mol. The lowest BCUT2D eigenvalue weighted by atomic mass is 10.1. The van der Waals surface area contributed by atoms with Gasteiger partial charge in [-0.25, -0.2) is 9.69 Å². The molecule has 1 fully saturated rings. The summed E-state index contributed by atoms with van der Waals surface area (Å²) in [5.41, 5.74) is 0.674. The Kier molecular flexibility index (Phi) is 3.71. The largest absolute Gasteiger partial charge is 0.446 e. The van der Waals surface area contributed by atoms with E-state index >= 15 is 0 Å². The Balaban J connectivity index is 2.24. The van der Waals surface area contributed by atoms with Gasteiger partial charge in [0.25, 0.3) is 0 Å². The van der Waals surface area contributed by atoms with E-state index in [1.54, 1.807) is 30.3 Å². The molecule has 1 aliphatic rings. The number of benzene rings is 1. The third-order valence-corrected chi connectivity index (χ3v) is 3.35. The van der Waals surface area contributed by atoms with Crippen LogP contribution in [0.4, 0.5) is 4.79 Å². The number of ether oxygens (including phenoxy) is 1. The second-order valence-electron chi connectivity index (χ2n) is 4.09. The van der Waals surface area contributed by atoms with Crippen LogP contribution >= 0.6 is 7.60 Å². The predicted molar refractivity (Wildman–Crippen MR) is 64.3 cm³/mol. The molecule has 1 aliphatic heterocycles. The van der Waals surface area contributed by atoms with Crippen molar-refractivity contribution in [3.63, 3.8) is 0 Å². The fourth-order valence-corrected chi connectivity index (χ4v) is 2.37. The van der Waals surface area contributed by atoms with Gasteiger partial charge in [-0.3, -0.25) is 9.36 Å². The molecule has 2 amide bonds. The van der Waals surface area contributed by atoms with E-state index in [0.29, 0.717) is 5.56 Å². The number of rotatable bonds is 3. The lowest BCUT2D eigenvalue weighted by molar-refractivity contribution is -0.126. The van der Waals surface area contributed by atoms with Crippen molar-refractivity contribution in [1.29, 1.82) is 0 Å². The van der Waals surface area contributed by atoms with Gasteiger partial charge in [0.2, 0.25) is 5.91 Å². The quantitative estimate of drug-likeness (QED) is 0.799. The zero-order valence-electron chi connectivity index (χ0n) is 9.80. The van der Waals surface area contributed by atoms with Crippen LogP contribution in [-0.4, -0.2) is 39.5 Å². The summed E-state index contributed by atoms with van der Waals surface area (Å²) in [6, 6.07) is 8.04. The fourth-order valence-electron chi connectivity index (χ4n) is 1.87. The lowest BCUT2D eigenvalue weighted by Crippen LogP contribution is -2.36. The van der Waals surface area contributed by atoms with Crippen LogP contribution < -0.4 is 0 Å². The molecule has 8 heteroatoms. The zero-order valence-corrected chi connectivity index (χ0v) is 10.7. The molecule has 1 aromatic rings. The summed E-state index contributed by atoms with van der Waals surface area (Å²) in [4.78, 5) is 41.7. The number of carbonyl (C=O) groups excluding carboxylic acids is 2. The SMILES string of the molecule is O=C(CP(=O)(O)O)N1C(=O)OCC1c1ccccc1. The number of carbonyl (C=O) groups is 2. The van der Waals surface area contributed by atoms with Crippen molar-refractivity contribution in [2.24, 2.45) is 0 Å².